The largest absolute Gasteiger partial charge is 0.494 e. The van der Waals surface area contributed by atoms with Crippen LogP contribution in [0.5, 0.6) is 5.75 Å². The van der Waals surface area contributed by atoms with E-state index in [1.807, 2.05) is 0 Å². The highest BCUT2D eigenvalue weighted by molar-refractivity contribution is 5.99. The molecule has 140 valence electrons. The van der Waals surface area contributed by atoms with Gasteiger partial charge in [0.05, 0.1) is 19.3 Å². The summed E-state index contributed by atoms with van der Waals surface area (Å²) >= 11 is 0. The molecule has 0 unspecified atom stereocenters. The number of aryl methyl sites for hydroxylation is 1. The van der Waals surface area contributed by atoms with Gasteiger partial charge in [0, 0.05) is 11.3 Å². The number of halogens is 1. The molecule has 0 saturated heterocycles. The Morgan fingerprint density at radius 2 is 2.30 bits per heavy atom. The number of aromatic carboxylic acids is 1. The number of nitrogens with one attached hydrogen (secondary N) is 2. The molecule has 2 aromatic heterocycles. The summed E-state index contributed by atoms with van der Waals surface area (Å²) in [5.41, 5.74) is 3.37. The number of ether oxygens (including phenoxy) is 1. The Balaban J connectivity index is 1.63. The summed E-state index contributed by atoms with van der Waals surface area (Å²) in [7, 11) is 1.33. The smallest absolute Gasteiger partial charge is 0.343 e. The maximum Gasteiger partial charge on any atom is 0.343 e. The van der Waals surface area contributed by atoms with Crippen LogP contribution in [0.25, 0.3) is 11.3 Å². The number of carboxylic acid groups (broad SMARTS) is 1. The Morgan fingerprint density at radius 1 is 1.44 bits per heavy atom. The predicted molar refractivity (Wildman–Crippen MR) is 93.3 cm³/mol. The van der Waals surface area contributed by atoms with E-state index >= 15 is 0 Å². The Hall–Kier alpha value is -3.36. The third-order valence-corrected chi connectivity index (χ3v) is 4.63. The lowest BCUT2D eigenvalue weighted by molar-refractivity contribution is 0.0698. The third-order valence-electron chi connectivity index (χ3n) is 4.63. The summed E-state index contributed by atoms with van der Waals surface area (Å²) in [6.45, 7) is 0.324. The summed E-state index contributed by atoms with van der Waals surface area (Å²) in [5.74, 6) is -1.65. The van der Waals surface area contributed by atoms with Gasteiger partial charge in [-0.1, -0.05) is 5.16 Å². The molecular formula is C18H17FN4O4. The minimum Gasteiger partial charge on any atom is -0.494 e. The van der Waals surface area contributed by atoms with Crippen LogP contribution in [0.3, 0.4) is 0 Å². The van der Waals surface area contributed by atoms with Gasteiger partial charge in [0.15, 0.2) is 28.7 Å². The predicted octanol–water partition coefficient (Wildman–Crippen LogP) is 3.01. The van der Waals surface area contributed by atoms with E-state index in [0.717, 1.165) is 30.7 Å². The molecule has 1 aromatic carbocycles. The molecule has 0 saturated carbocycles. The van der Waals surface area contributed by atoms with Gasteiger partial charge < -0.3 is 19.7 Å². The SMILES string of the molecule is COc1cc(-c2onc(NCc3n[nH]c4c3CCC4)c2C(=O)O)ccc1F. The molecule has 1 aliphatic carbocycles. The van der Waals surface area contributed by atoms with E-state index < -0.39 is 11.8 Å². The molecular weight excluding hydrogens is 355 g/mol. The number of hydrogen-bond donors (Lipinski definition) is 3. The average Bonchev–Trinajstić information content (AvgIpc) is 3.36. The lowest BCUT2D eigenvalue weighted by Crippen LogP contribution is -2.07. The topological polar surface area (TPSA) is 113 Å². The van der Waals surface area contributed by atoms with Crippen molar-refractivity contribution in [3.8, 4) is 17.1 Å². The molecule has 9 heteroatoms. The van der Waals surface area contributed by atoms with E-state index in [0.29, 0.717) is 12.1 Å². The number of carboxylic acids is 1. The summed E-state index contributed by atoms with van der Waals surface area (Å²) < 4.78 is 23.8. The first-order valence-corrected chi connectivity index (χ1v) is 8.44. The van der Waals surface area contributed by atoms with Crippen molar-refractivity contribution in [1.82, 2.24) is 15.4 Å². The molecule has 3 aromatic rings. The average molecular weight is 372 g/mol. The lowest BCUT2D eigenvalue weighted by Gasteiger charge is -2.05. The maximum absolute atomic E-state index is 13.6. The minimum atomic E-state index is -1.20. The molecule has 0 aliphatic heterocycles. The highest BCUT2D eigenvalue weighted by Gasteiger charge is 2.25. The summed E-state index contributed by atoms with van der Waals surface area (Å²) in [5, 5.41) is 23.7. The van der Waals surface area contributed by atoms with Gasteiger partial charge in [-0.2, -0.15) is 5.10 Å². The Labute approximate surface area is 153 Å². The number of rotatable bonds is 6. The van der Waals surface area contributed by atoms with Crippen LogP contribution in [0.15, 0.2) is 22.7 Å². The number of H-pyrrole nitrogens is 1. The number of benzene rings is 1. The van der Waals surface area contributed by atoms with E-state index in [1.165, 1.54) is 30.9 Å². The van der Waals surface area contributed by atoms with Gasteiger partial charge in [-0.15, -0.1) is 0 Å². The number of methoxy groups -OCH3 is 1. The highest BCUT2D eigenvalue weighted by atomic mass is 19.1. The standard InChI is InChI=1S/C18H17FN4O4/c1-26-14-7-9(5-6-11(14)19)16-15(18(24)25)17(23-27-16)20-8-13-10-3-2-4-12(10)21-22-13/h5-7H,2-4,8H2,1H3,(H,20,23)(H,21,22)(H,24,25). The molecule has 0 fully saturated rings. The number of hydrogen-bond acceptors (Lipinski definition) is 6. The Kier molecular flexibility index (Phi) is 4.27. The molecule has 8 nitrogen and oxygen atoms in total. The van der Waals surface area contributed by atoms with Crippen LogP contribution in [-0.4, -0.2) is 33.5 Å². The van der Waals surface area contributed by atoms with Crippen molar-refractivity contribution in [3.63, 3.8) is 0 Å². The zero-order valence-electron chi connectivity index (χ0n) is 14.5. The number of anilines is 1. The first kappa shape index (κ1) is 17.1. The summed E-state index contributed by atoms with van der Waals surface area (Å²) in [4.78, 5) is 11.8. The second-order valence-electron chi connectivity index (χ2n) is 6.22. The van der Waals surface area contributed by atoms with Crippen LogP contribution >= 0.6 is 0 Å². The first-order chi connectivity index (χ1) is 13.1. The van der Waals surface area contributed by atoms with Crippen LogP contribution in [0, 0.1) is 5.82 Å². The third kappa shape index (κ3) is 3.01. The second-order valence-corrected chi connectivity index (χ2v) is 6.22. The maximum atomic E-state index is 13.6. The molecule has 0 radical (unpaired) electrons. The zero-order valence-corrected chi connectivity index (χ0v) is 14.5. The molecule has 27 heavy (non-hydrogen) atoms. The number of fused-ring (bicyclic) bond motifs is 1. The fourth-order valence-corrected chi connectivity index (χ4v) is 3.31. The Morgan fingerprint density at radius 3 is 3.07 bits per heavy atom. The molecule has 0 bridgehead atoms. The minimum absolute atomic E-state index is 0.0122. The van der Waals surface area contributed by atoms with Crippen molar-refractivity contribution in [3.05, 3.63) is 46.5 Å². The molecule has 0 spiro atoms. The summed E-state index contributed by atoms with van der Waals surface area (Å²) in [6.07, 6.45) is 3.01. The van der Waals surface area contributed by atoms with Crippen molar-refractivity contribution in [1.29, 1.82) is 0 Å². The number of nitrogens with zero attached hydrogens (tertiary/aromatic N) is 2. The molecule has 2 heterocycles. The normalized spacial score (nSPS) is 12.8. The van der Waals surface area contributed by atoms with E-state index in [9.17, 15) is 14.3 Å². The van der Waals surface area contributed by atoms with Gasteiger partial charge in [-0.05, 0) is 43.0 Å². The fraction of sp³-hybridized carbons (Fsp3) is 0.278. The van der Waals surface area contributed by atoms with Crippen LogP contribution in [-0.2, 0) is 19.4 Å². The first-order valence-electron chi connectivity index (χ1n) is 8.44. The van der Waals surface area contributed by atoms with Crippen LogP contribution in [0.4, 0.5) is 10.2 Å². The fourth-order valence-electron chi connectivity index (χ4n) is 3.31. The van der Waals surface area contributed by atoms with Crippen LogP contribution in [0.1, 0.15) is 33.7 Å². The van der Waals surface area contributed by atoms with Gasteiger partial charge in [0.2, 0.25) is 0 Å². The van der Waals surface area contributed by atoms with Gasteiger partial charge in [-0.3, -0.25) is 5.10 Å². The highest BCUT2D eigenvalue weighted by Crippen LogP contribution is 2.33. The second kappa shape index (κ2) is 6.75. The van der Waals surface area contributed by atoms with Crippen molar-refractivity contribution in [2.24, 2.45) is 0 Å². The number of carbonyl (C=O) groups is 1. The van der Waals surface area contributed by atoms with E-state index in [2.05, 4.69) is 20.7 Å². The molecule has 1 aliphatic rings. The van der Waals surface area contributed by atoms with Crippen LogP contribution in [0.2, 0.25) is 0 Å². The lowest BCUT2D eigenvalue weighted by atomic mass is 10.1. The number of aromatic amines is 1. The van der Waals surface area contributed by atoms with Crippen molar-refractivity contribution in [2.75, 3.05) is 12.4 Å². The molecule has 3 N–H and O–H groups in total. The molecule has 4 rings (SSSR count). The quantitative estimate of drug-likeness (QED) is 0.609. The van der Waals surface area contributed by atoms with Crippen LogP contribution < -0.4 is 10.1 Å². The van der Waals surface area contributed by atoms with Crippen molar-refractivity contribution >= 4 is 11.8 Å². The van der Waals surface area contributed by atoms with Gasteiger partial charge in [0.1, 0.15) is 0 Å². The van der Waals surface area contributed by atoms with Gasteiger partial charge in [0.25, 0.3) is 0 Å². The molecule has 0 atom stereocenters. The van der Waals surface area contributed by atoms with Crippen molar-refractivity contribution in [2.45, 2.75) is 25.8 Å². The number of aromatic nitrogens is 3. The van der Waals surface area contributed by atoms with E-state index in [1.54, 1.807) is 0 Å². The monoisotopic (exact) mass is 372 g/mol. The van der Waals surface area contributed by atoms with E-state index in [-0.39, 0.29) is 22.9 Å². The Bertz CT molecular complexity index is 1010. The summed E-state index contributed by atoms with van der Waals surface area (Å²) in [6, 6.07) is 3.96. The zero-order chi connectivity index (χ0) is 19.0. The van der Waals surface area contributed by atoms with Crippen molar-refractivity contribution < 1.29 is 23.6 Å². The molecule has 0 amide bonds. The van der Waals surface area contributed by atoms with Gasteiger partial charge >= 0.3 is 5.97 Å². The van der Waals surface area contributed by atoms with Gasteiger partial charge in [-0.25, -0.2) is 9.18 Å². The van der Waals surface area contributed by atoms with E-state index in [4.69, 9.17) is 9.26 Å².